The van der Waals surface area contributed by atoms with Gasteiger partial charge in [-0.3, -0.25) is 16.3 Å². The van der Waals surface area contributed by atoms with Crippen LogP contribution in [0, 0.1) is 36.5 Å². The van der Waals surface area contributed by atoms with Crippen LogP contribution in [0.4, 0.5) is 0 Å². The molecule has 4 aliphatic carbocycles. The van der Waals surface area contributed by atoms with Crippen LogP contribution in [-0.2, 0) is 0 Å². The van der Waals surface area contributed by atoms with Crippen LogP contribution < -0.4 is 11.3 Å². The van der Waals surface area contributed by atoms with Crippen LogP contribution in [0.1, 0.15) is 49.3 Å². The van der Waals surface area contributed by atoms with E-state index in [-0.39, 0.29) is 6.04 Å². The first kappa shape index (κ1) is 12.8. The summed E-state index contributed by atoms with van der Waals surface area (Å²) in [5.41, 5.74) is 5.64. The molecule has 4 bridgehead atoms. The standard InChI is InChI=1S/C17H25N3/c1-10-2-15(9-19-8-10)17(20-18)16-13-4-11-3-12(6-13)7-14(16)5-11/h2,8-9,11-14,16-17,20H,3-7,18H2,1H3. The summed E-state index contributed by atoms with van der Waals surface area (Å²) in [7, 11) is 0. The average Bonchev–Trinajstić information content (AvgIpc) is 2.42. The number of nitrogens with zero attached hydrogens (tertiary/aromatic N) is 1. The molecule has 108 valence electrons. The fraction of sp³-hybridized carbons (Fsp3) is 0.706. The number of rotatable bonds is 3. The van der Waals surface area contributed by atoms with Gasteiger partial charge in [-0.2, -0.15) is 0 Å². The molecule has 4 fully saturated rings. The maximum absolute atomic E-state index is 5.96. The fourth-order valence-electron chi connectivity index (χ4n) is 5.69. The lowest BCUT2D eigenvalue weighted by molar-refractivity contribution is -0.0526. The molecule has 4 saturated carbocycles. The zero-order valence-corrected chi connectivity index (χ0v) is 12.3. The smallest absolute Gasteiger partial charge is 0.0508 e. The van der Waals surface area contributed by atoms with Gasteiger partial charge in [-0.15, -0.1) is 0 Å². The summed E-state index contributed by atoms with van der Waals surface area (Å²) in [6.07, 6.45) is 11.2. The minimum absolute atomic E-state index is 0.289. The summed E-state index contributed by atoms with van der Waals surface area (Å²) in [6, 6.07) is 2.54. The fourth-order valence-corrected chi connectivity index (χ4v) is 5.69. The molecule has 0 spiro atoms. The Morgan fingerprint density at radius 1 is 1.10 bits per heavy atom. The molecule has 0 saturated heterocycles. The molecule has 1 atom stereocenters. The van der Waals surface area contributed by atoms with Gasteiger partial charge in [-0.05, 0) is 79.7 Å². The number of aromatic nitrogens is 1. The minimum atomic E-state index is 0.289. The van der Waals surface area contributed by atoms with Crippen molar-refractivity contribution in [3.05, 3.63) is 29.6 Å². The molecule has 4 aliphatic rings. The van der Waals surface area contributed by atoms with Crippen molar-refractivity contribution in [2.75, 3.05) is 0 Å². The van der Waals surface area contributed by atoms with E-state index in [1.807, 2.05) is 12.4 Å². The van der Waals surface area contributed by atoms with Gasteiger partial charge >= 0.3 is 0 Å². The molecular weight excluding hydrogens is 246 g/mol. The number of nitrogens with one attached hydrogen (secondary N) is 1. The monoisotopic (exact) mass is 271 g/mol. The number of hydrazine groups is 1. The van der Waals surface area contributed by atoms with Crippen LogP contribution in [-0.4, -0.2) is 4.98 Å². The highest BCUT2D eigenvalue weighted by atomic mass is 15.2. The van der Waals surface area contributed by atoms with Crippen LogP contribution in [0.2, 0.25) is 0 Å². The second kappa shape index (κ2) is 4.81. The Bertz CT molecular complexity index is 471. The van der Waals surface area contributed by atoms with Crippen molar-refractivity contribution in [3.63, 3.8) is 0 Å². The summed E-state index contributed by atoms with van der Waals surface area (Å²) in [4.78, 5) is 4.37. The van der Waals surface area contributed by atoms with E-state index in [4.69, 9.17) is 5.84 Å². The minimum Gasteiger partial charge on any atom is -0.271 e. The molecule has 0 aliphatic heterocycles. The molecule has 3 heteroatoms. The van der Waals surface area contributed by atoms with Crippen molar-refractivity contribution in [1.82, 2.24) is 10.4 Å². The van der Waals surface area contributed by atoms with Crippen molar-refractivity contribution in [3.8, 4) is 0 Å². The molecule has 3 N–H and O–H groups in total. The number of aryl methyl sites for hydroxylation is 1. The van der Waals surface area contributed by atoms with E-state index in [0.29, 0.717) is 0 Å². The quantitative estimate of drug-likeness (QED) is 0.656. The number of hydrogen-bond donors (Lipinski definition) is 2. The summed E-state index contributed by atoms with van der Waals surface area (Å²) in [6.45, 7) is 2.11. The van der Waals surface area contributed by atoms with Gasteiger partial charge in [0.1, 0.15) is 0 Å². The Labute approximate surface area is 121 Å². The number of nitrogens with two attached hydrogens (primary N) is 1. The molecule has 5 rings (SSSR count). The van der Waals surface area contributed by atoms with E-state index in [2.05, 4.69) is 23.4 Å². The lowest BCUT2D eigenvalue weighted by Gasteiger charge is -2.56. The highest BCUT2D eigenvalue weighted by Crippen LogP contribution is 2.59. The second-order valence-corrected chi connectivity index (χ2v) is 7.45. The Morgan fingerprint density at radius 2 is 1.75 bits per heavy atom. The van der Waals surface area contributed by atoms with Crippen LogP contribution in [0.3, 0.4) is 0 Å². The third-order valence-electron chi connectivity index (χ3n) is 6.12. The van der Waals surface area contributed by atoms with Crippen molar-refractivity contribution >= 4 is 0 Å². The summed E-state index contributed by atoms with van der Waals surface area (Å²) < 4.78 is 0. The van der Waals surface area contributed by atoms with E-state index < -0.39 is 0 Å². The molecule has 0 radical (unpaired) electrons. The highest BCUT2D eigenvalue weighted by Gasteiger charge is 2.50. The Kier molecular flexibility index (Phi) is 3.08. The van der Waals surface area contributed by atoms with E-state index in [0.717, 1.165) is 29.6 Å². The molecule has 1 aromatic rings. The predicted molar refractivity (Wildman–Crippen MR) is 79.6 cm³/mol. The highest BCUT2D eigenvalue weighted by molar-refractivity contribution is 5.22. The third kappa shape index (κ3) is 1.99. The molecule has 1 unspecified atom stereocenters. The molecule has 0 amide bonds. The van der Waals surface area contributed by atoms with Crippen LogP contribution in [0.5, 0.6) is 0 Å². The van der Waals surface area contributed by atoms with Crippen LogP contribution in [0.25, 0.3) is 0 Å². The number of pyridine rings is 1. The van der Waals surface area contributed by atoms with E-state index in [1.165, 1.54) is 43.2 Å². The Morgan fingerprint density at radius 3 is 2.30 bits per heavy atom. The summed E-state index contributed by atoms with van der Waals surface area (Å²) in [5, 5.41) is 0. The van der Waals surface area contributed by atoms with Crippen molar-refractivity contribution in [2.24, 2.45) is 35.4 Å². The second-order valence-electron chi connectivity index (χ2n) is 7.45. The predicted octanol–water partition coefficient (Wildman–Crippen LogP) is 2.97. The van der Waals surface area contributed by atoms with Crippen LogP contribution in [0.15, 0.2) is 18.5 Å². The maximum atomic E-state index is 5.96. The average molecular weight is 271 g/mol. The number of hydrogen-bond acceptors (Lipinski definition) is 3. The van der Waals surface area contributed by atoms with Gasteiger partial charge in [0.2, 0.25) is 0 Å². The molecular formula is C17H25N3. The summed E-state index contributed by atoms with van der Waals surface area (Å²) in [5.74, 6) is 10.5. The largest absolute Gasteiger partial charge is 0.271 e. The first-order chi connectivity index (χ1) is 9.74. The topological polar surface area (TPSA) is 50.9 Å². The van der Waals surface area contributed by atoms with Gasteiger partial charge in [0.05, 0.1) is 6.04 Å². The van der Waals surface area contributed by atoms with E-state index in [1.54, 1.807) is 0 Å². The summed E-state index contributed by atoms with van der Waals surface area (Å²) >= 11 is 0. The molecule has 3 nitrogen and oxygen atoms in total. The van der Waals surface area contributed by atoms with E-state index >= 15 is 0 Å². The van der Waals surface area contributed by atoms with Crippen molar-refractivity contribution in [1.29, 1.82) is 0 Å². The lowest BCUT2D eigenvalue weighted by atomic mass is 9.50. The SMILES string of the molecule is Cc1cncc(C(NN)C2C3CC4CC(C3)CC2C4)c1. The van der Waals surface area contributed by atoms with Gasteiger partial charge in [0.15, 0.2) is 0 Å². The Hall–Kier alpha value is -0.930. The first-order valence-corrected chi connectivity index (χ1v) is 8.12. The van der Waals surface area contributed by atoms with Crippen LogP contribution >= 0.6 is 0 Å². The van der Waals surface area contributed by atoms with Gasteiger partial charge < -0.3 is 0 Å². The normalized spacial score (nSPS) is 40.0. The van der Waals surface area contributed by atoms with Gasteiger partial charge in [0.25, 0.3) is 0 Å². The zero-order chi connectivity index (χ0) is 13.7. The molecule has 1 aromatic heterocycles. The first-order valence-electron chi connectivity index (χ1n) is 8.12. The van der Waals surface area contributed by atoms with Gasteiger partial charge in [0, 0.05) is 12.4 Å². The van der Waals surface area contributed by atoms with Crippen molar-refractivity contribution < 1.29 is 0 Å². The van der Waals surface area contributed by atoms with Crippen molar-refractivity contribution in [2.45, 2.75) is 45.1 Å². The molecule has 20 heavy (non-hydrogen) atoms. The van der Waals surface area contributed by atoms with E-state index in [9.17, 15) is 0 Å². The maximum Gasteiger partial charge on any atom is 0.0508 e. The van der Waals surface area contributed by atoms with Gasteiger partial charge in [-0.25, -0.2) is 0 Å². The van der Waals surface area contributed by atoms with Gasteiger partial charge in [-0.1, -0.05) is 6.07 Å². The third-order valence-corrected chi connectivity index (χ3v) is 6.12. The molecule has 0 aromatic carbocycles. The Balaban J connectivity index is 1.65. The lowest BCUT2D eigenvalue weighted by Crippen LogP contribution is -2.50. The molecule has 1 heterocycles. The zero-order valence-electron chi connectivity index (χ0n) is 12.3.